The Kier molecular flexibility index (Phi) is 3.48. The molecule has 0 spiro atoms. The minimum absolute atomic E-state index is 0.304. The molecule has 0 saturated carbocycles. The second kappa shape index (κ2) is 5.44. The van der Waals surface area contributed by atoms with E-state index in [-0.39, 0.29) is 0 Å². The SMILES string of the molecule is CC(C)n1ncc2cc(NCc3ccccc3N)cnc21. The second-order valence-corrected chi connectivity index (χ2v) is 5.37. The maximum atomic E-state index is 5.94. The highest BCUT2D eigenvalue weighted by Gasteiger charge is 2.07. The van der Waals surface area contributed by atoms with Gasteiger partial charge in [-0.05, 0) is 31.5 Å². The smallest absolute Gasteiger partial charge is 0.158 e. The molecular formula is C16H19N5. The summed E-state index contributed by atoms with van der Waals surface area (Å²) in [4.78, 5) is 4.50. The number of benzene rings is 1. The van der Waals surface area contributed by atoms with Crippen molar-refractivity contribution < 1.29 is 0 Å². The highest BCUT2D eigenvalue weighted by atomic mass is 15.3. The number of rotatable bonds is 4. The van der Waals surface area contributed by atoms with E-state index < -0.39 is 0 Å². The molecule has 2 aromatic heterocycles. The average Bonchev–Trinajstić information content (AvgIpc) is 2.89. The highest BCUT2D eigenvalue weighted by Crippen LogP contribution is 2.20. The number of nitrogens with two attached hydrogens (primary N) is 1. The molecule has 0 amide bonds. The van der Waals surface area contributed by atoms with E-state index in [4.69, 9.17) is 5.73 Å². The molecule has 0 saturated heterocycles. The summed E-state index contributed by atoms with van der Waals surface area (Å²) in [5.74, 6) is 0. The van der Waals surface area contributed by atoms with E-state index in [2.05, 4.69) is 35.3 Å². The lowest BCUT2D eigenvalue weighted by molar-refractivity contribution is 0.546. The van der Waals surface area contributed by atoms with E-state index in [0.717, 1.165) is 28.0 Å². The summed E-state index contributed by atoms with van der Waals surface area (Å²) in [5.41, 5.74) is 9.70. The van der Waals surface area contributed by atoms with Gasteiger partial charge in [-0.2, -0.15) is 5.10 Å². The van der Waals surface area contributed by atoms with Crippen molar-refractivity contribution in [2.24, 2.45) is 0 Å². The van der Waals surface area contributed by atoms with Crippen molar-refractivity contribution in [2.45, 2.75) is 26.4 Å². The zero-order valence-corrected chi connectivity index (χ0v) is 12.2. The number of nitrogen functional groups attached to an aromatic ring is 1. The maximum Gasteiger partial charge on any atom is 0.158 e. The first-order chi connectivity index (χ1) is 10.1. The largest absolute Gasteiger partial charge is 0.398 e. The molecule has 0 atom stereocenters. The van der Waals surface area contributed by atoms with Gasteiger partial charge in [0.05, 0.1) is 18.1 Å². The van der Waals surface area contributed by atoms with Crippen LogP contribution in [0.4, 0.5) is 11.4 Å². The van der Waals surface area contributed by atoms with E-state index in [0.29, 0.717) is 12.6 Å². The van der Waals surface area contributed by atoms with Gasteiger partial charge in [0, 0.05) is 23.7 Å². The van der Waals surface area contributed by atoms with Crippen LogP contribution in [0.5, 0.6) is 0 Å². The Morgan fingerprint density at radius 2 is 2.05 bits per heavy atom. The van der Waals surface area contributed by atoms with Gasteiger partial charge in [-0.15, -0.1) is 0 Å². The number of fused-ring (bicyclic) bond motifs is 1. The number of pyridine rings is 1. The first-order valence-electron chi connectivity index (χ1n) is 7.05. The Morgan fingerprint density at radius 3 is 2.81 bits per heavy atom. The number of para-hydroxylation sites is 1. The molecule has 3 N–H and O–H groups in total. The van der Waals surface area contributed by atoms with Gasteiger partial charge in [-0.1, -0.05) is 18.2 Å². The lowest BCUT2D eigenvalue weighted by Crippen LogP contribution is -2.04. The third-order valence-electron chi connectivity index (χ3n) is 3.46. The monoisotopic (exact) mass is 281 g/mol. The number of hydrogen-bond acceptors (Lipinski definition) is 4. The lowest BCUT2D eigenvalue weighted by Gasteiger charge is -2.09. The van der Waals surface area contributed by atoms with Crippen LogP contribution in [-0.4, -0.2) is 14.8 Å². The number of nitrogens with zero attached hydrogens (tertiary/aromatic N) is 3. The predicted octanol–water partition coefficient (Wildman–Crippen LogP) is 3.21. The molecule has 0 radical (unpaired) electrons. The summed E-state index contributed by atoms with van der Waals surface area (Å²) >= 11 is 0. The molecule has 2 heterocycles. The van der Waals surface area contributed by atoms with Crippen molar-refractivity contribution in [3.63, 3.8) is 0 Å². The van der Waals surface area contributed by atoms with Crippen LogP contribution in [-0.2, 0) is 6.54 Å². The van der Waals surface area contributed by atoms with Crippen molar-refractivity contribution in [1.29, 1.82) is 0 Å². The van der Waals surface area contributed by atoms with Gasteiger partial charge in [-0.25, -0.2) is 9.67 Å². The van der Waals surface area contributed by atoms with Crippen molar-refractivity contribution in [3.05, 3.63) is 48.3 Å². The van der Waals surface area contributed by atoms with Crippen LogP contribution in [0.3, 0.4) is 0 Å². The van der Waals surface area contributed by atoms with Gasteiger partial charge in [0.2, 0.25) is 0 Å². The van der Waals surface area contributed by atoms with Crippen molar-refractivity contribution in [3.8, 4) is 0 Å². The highest BCUT2D eigenvalue weighted by molar-refractivity contribution is 5.78. The van der Waals surface area contributed by atoms with Crippen LogP contribution in [0.15, 0.2) is 42.7 Å². The minimum atomic E-state index is 0.304. The molecule has 0 fully saturated rings. The molecule has 108 valence electrons. The number of nitrogens with one attached hydrogen (secondary N) is 1. The zero-order chi connectivity index (χ0) is 14.8. The van der Waals surface area contributed by atoms with E-state index in [1.165, 1.54) is 0 Å². The molecule has 0 unspecified atom stereocenters. The Hall–Kier alpha value is -2.56. The average molecular weight is 281 g/mol. The summed E-state index contributed by atoms with van der Waals surface area (Å²) in [5, 5.41) is 8.76. The molecule has 5 nitrogen and oxygen atoms in total. The number of hydrogen-bond donors (Lipinski definition) is 2. The van der Waals surface area contributed by atoms with Gasteiger partial charge in [0.15, 0.2) is 5.65 Å². The first kappa shape index (κ1) is 13.4. The maximum absolute atomic E-state index is 5.94. The molecule has 0 aliphatic rings. The van der Waals surface area contributed by atoms with Crippen LogP contribution >= 0.6 is 0 Å². The summed E-state index contributed by atoms with van der Waals surface area (Å²) in [6.45, 7) is 4.87. The summed E-state index contributed by atoms with van der Waals surface area (Å²) in [6.07, 6.45) is 3.69. The van der Waals surface area contributed by atoms with E-state index in [1.54, 1.807) is 0 Å². The Bertz CT molecular complexity index is 760. The predicted molar refractivity (Wildman–Crippen MR) is 86.1 cm³/mol. The normalized spacial score (nSPS) is 11.2. The summed E-state index contributed by atoms with van der Waals surface area (Å²) in [7, 11) is 0. The Balaban J connectivity index is 1.81. The lowest BCUT2D eigenvalue weighted by atomic mass is 10.2. The van der Waals surface area contributed by atoms with Crippen LogP contribution < -0.4 is 11.1 Å². The fourth-order valence-corrected chi connectivity index (χ4v) is 2.31. The van der Waals surface area contributed by atoms with Crippen LogP contribution in [0.2, 0.25) is 0 Å². The van der Waals surface area contributed by atoms with Gasteiger partial charge in [-0.3, -0.25) is 0 Å². The second-order valence-electron chi connectivity index (χ2n) is 5.37. The van der Waals surface area contributed by atoms with Gasteiger partial charge in [0.1, 0.15) is 0 Å². The van der Waals surface area contributed by atoms with E-state index in [1.807, 2.05) is 41.3 Å². The topological polar surface area (TPSA) is 68.8 Å². The molecule has 3 rings (SSSR count). The molecule has 0 aliphatic heterocycles. The molecule has 3 aromatic rings. The third kappa shape index (κ3) is 2.67. The molecule has 21 heavy (non-hydrogen) atoms. The molecule has 0 aliphatic carbocycles. The van der Waals surface area contributed by atoms with Crippen LogP contribution in [0.1, 0.15) is 25.5 Å². The van der Waals surface area contributed by atoms with Crippen LogP contribution in [0.25, 0.3) is 11.0 Å². The molecule has 1 aromatic carbocycles. The first-order valence-corrected chi connectivity index (χ1v) is 7.05. The van der Waals surface area contributed by atoms with Crippen molar-refractivity contribution in [2.75, 3.05) is 11.1 Å². The van der Waals surface area contributed by atoms with Crippen LogP contribution in [0, 0.1) is 0 Å². The third-order valence-corrected chi connectivity index (χ3v) is 3.46. The summed E-state index contributed by atoms with van der Waals surface area (Å²) in [6, 6.07) is 10.2. The van der Waals surface area contributed by atoms with Crippen molar-refractivity contribution in [1.82, 2.24) is 14.8 Å². The van der Waals surface area contributed by atoms with Gasteiger partial charge < -0.3 is 11.1 Å². The fourth-order valence-electron chi connectivity index (χ4n) is 2.31. The molecule has 0 bridgehead atoms. The van der Waals surface area contributed by atoms with Gasteiger partial charge in [0.25, 0.3) is 0 Å². The molecule has 5 heteroatoms. The standard InChI is InChI=1S/C16H19N5/c1-11(2)21-16-13(9-20-21)7-14(10-19-16)18-8-12-5-3-4-6-15(12)17/h3-7,9-11,18H,8,17H2,1-2H3. The number of anilines is 2. The minimum Gasteiger partial charge on any atom is -0.398 e. The quantitative estimate of drug-likeness (QED) is 0.720. The van der Waals surface area contributed by atoms with E-state index >= 15 is 0 Å². The Morgan fingerprint density at radius 1 is 1.24 bits per heavy atom. The fraction of sp³-hybridized carbons (Fsp3) is 0.250. The van der Waals surface area contributed by atoms with Gasteiger partial charge >= 0.3 is 0 Å². The van der Waals surface area contributed by atoms with E-state index in [9.17, 15) is 0 Å². The summed E-state index contributed by atoms with van der Waals surface area (Å²) < 4.78 is 1.92. The molecular weight excluding hydrogens is 262 g/mol. The van der Waals surface area contributed by atoms with Crippen molar-refractivity contribution >= 4 is 22.4 Å². The Labute approximate surface area is 123 Å². The number of aromatic nitrogens is 3. The zero-order valence-electron chi connectivity index (χ0n) is 12.2.